The fourth-order valence-electron chi connectivity index (χ4n) is 1.33. The van der Waals surface area contributed by atoms with Crippen molar-refractivity contribution in [3.8, 4) is 5.75 Å². The summed E-state index contributed by atoms with van der Waals surface area (Å²) < 4.78 is 10.3. The molecular formula is C15H20O4. The van der Waals surface area contributed by atoms with Gasteiger partial charge < -0.3 is 9.47 Å². The van der Waals surface area contributed by atoms with Gasteiger partial charge in [0.15, 0.2) is 5.78 Å². The zero-order chi connectivity index (χ0) is 14.1. The van der Waals surface area contributed by atoms with E-state index in [-0.39, 0.29) is 31.2 Å². The Hall–Kier alpha value is -1.84. The molecule has 0 fully saturated rings. The van der Waals surface area contributed by atoms with E-state index in [0.29, 0.717) is 18.3 Å². The minimum atomic E-state index is -0.332. The van der Waals surface area contributed by atoms with Crippen LogP contribution in [0, 0.1) is 5.92 Å². The first-order valence-electron chi connectivity index (χ1n) is 6.43. The molecule has 0 saturated heterocycles. The van der Waals surface area contributed by atoms with Crippen LogP contribution >= 0.6 is 0 Å². The van der Waals surface area contributed by atoms with Gasteiger partial charge in [0.05, 0.1) is 13.0 Å². The Morgan fingerprint density at radius 1 is 1.11 bits per heavy atom. The van der Waals surface area contributed by atoms with Crippen LogP contribution in [0.25, 0.3) is 0 Å². The Balaban J connectivity index is 2.16. The molecule has 4 heteroatoms. The molecule has 0 aromatic heterocycles. The normalized spacial score (nSPS) is 10.3. The summed E-state index contributed by atoms with van der Waals surface area (Å²) in [5.41, 5.74) is 0. The average Bonchev–Trinajstić information content (AvgIpc) is 2.41. The molecule has 0 saturated carbocycles. The molecule has 0 aliphatic rings. The third kappa shape index (κ3) is 7.24. The van der Waals surface area contributed by atoms with Gasteiger partial charge in [-0.05, 0) is 18.1 Å². The first-order valence-corrected chi connectivity index (χ1v) is 6.43. The maximum atomic E-state index is 11.5. The highest BCUT2D eigenvalue weighted by Gasteiger charge is 2.09. The second-order valence-corrected chi connectivity index (χ2v) is 4.72. The standard InChI is InChI=1S/C15H20O4/c1-12(2)10-19-15(17)9-8-13(16)11-18-14-6-4-3-5-7-14/h3-7,12H,8-11H2,1-2H3. The Morgan fingerprint density at radius 3 is 2.42 bits per heavy atom. The van der Waals surface area contributed by atoms with Crippen LogP contribution < -0.4 is 4.74 Å². The number of benzene rings is 1. The van der Waals surface area contributed by atoms with Crippen LogP contribution in [0.3, 0.4) is 0 Å². The van der Waals surface area contributed by atoms with Crippen LogP contribution in [-0.2, 0) is 14.3 Å². The summed E-state index contributed by atoms with van der Waals surface area (Å²) in [6, 6.07) is 9.11. The minimum absolute atomic E-state index is 0.0124. The van der Waals surface area contributed by atoms with Crippen molar-refractivity contribution in [2.24, 2.45) is 5.92 Å². The summed E-state index contributed by atoms with van der Waals surface area (Å²) in [6.07, 6.45) is 0.271. The van der Waals surface area contributed by atoms with Crippen LogP contribution in [0.5, 0.6) is 5.75 Å². The quantitative estimate of drug-likeness (QED) is 0.677. The number of ketones is 1. The van der Waals surface area contributed by atoms with Gasteiger partial charge in [-0.25, -0.2) is 0 Å². The summed E-state index contributed by atoms with van der Waals surface area (Å²) in [7, 11) is 0. The van der Waals surface area contributed by atoms with Crippen molar-refractivity contribution in [2.45, 2.75) is 26.7 Å². The van der Waals surface area contributed by atoms with Crippen molar-refractivity contribution < 1.29 is 19.1 Å². The number of Topliss-reactive ketones (excluding diaryl/α,β-unsaturated/α-hetero) is 1. The van der Waals surface area contributed by atoms with E-state index in [4.69, 9.17) is 9.47 Å². The number of carbonyl (C=O) groups excluding carboxylic acids is 2. The molecular weight excluding hydrogens is 244 g/mol. The van der Waals surface area contributed by atoms with Crippen molar-refractivity contribution >= 4 is 11.8 Å². The second kappa shape index (κ2) is 8.29. The van der Waals surface area contributed by atoms with Crippen molar-refractivity contribution in [3.63, 3.8) is 0 Å². The number of hydrogen-bond acceptors (Lipinski definition) is 4. The zero-order valence-electron chi connectivity index (χ0n) is 11.4. The second-order valence-electron chi connectivity index (χ2n) is 4.72. The molecule has 4 nitrogen and oxygen atoms in total. The number of esters is 1. The number of rotatable bonds is 8. The highest BCUT2D eigenvalue weighted by molar-refractivity contribution is 5.84. The number of carbonyl (C=O) groups is 2. The molecule has 0 unspecified atom stereocenters. The predicted molar refractivity (Wildman–Crippen MR) is 72.0 cm³/mol. The highest BCUT2D eigenvalue weighted by atomic mass is 16.5. The average molecular weight is 264 g/mol. The molecule has 104 valence electrons. The lowest BCUT2D eigenvalue weighted by Crippen LogP contribution is -2.15. The van der Waals surface area contributed by atoms with Crippen molar-refractivity contribution in [3.05, 3.63) is 30.3 Å². The van der Waals surface area contributed by atoms with Gasteiger partial charge in [0.25, 0.3) is 0 Å². The van der Waals surface area contributed by atoms with Crippen LogP contribution in [0.4, 0.5) is 0 Å². The molecule has 0 N–H and O–H groups in total. The molecule has 0 aliphatic heterocycles. The van der Waals surface area contributed by atoms with Crippen LogP contribution in [0.15, 0.2) is 30.3 Å². The van der Waals surface area contributed by atoms with Crippen molar-refractivity contribution in [1.29, 1.82) is 0 Å². The van der Waals surface area contributed by atoms with Gasteiger partial charge in [0.1, 0.15) is 12.4 Å². The molecule has 0 amide bonds. The minimum Gasteiger partial charge on any atom is -0.486 e. The molecule has 0 aliphatic carbocycles. The lowest BCUT2D eigenvalue weighted by Gasteiger charge is -2.07. The van der Waals surface area contributed by atoms with E-state index >= 15 is 0 Å². The van der Waals surface area contributed by atoms with Crippen LogP contribution in [0.1, 0.15) is 26.7 Å². The maximum Gasteiger partial charge on any atom is 0.306 e. The Kier molecular flexibility index (Phi) is 6.64. The fraction of sp³-hybridized carbons (Fsp3) is 0.467. The van der Waals surface area contributed by atoms with Crippen molar-refractivity contribution in [1.82, 2.24) is 0 Å². The first kappa shape index (κ1) is 15.2. The topological polar surface area (TPSA) is 52.6 Å². The molecule has 0 radical (unpaired) electrons. The molecule has 1 aromatic rings. The van der Waals surface area contributed by atoms with Gasteiger partial charge in [-0.2, -0.15) is 0 Å². The Morgan fingerprint density at radius 2 is 1.79 bits per heavy atom. The van der Waals surface area contributed by atoms with E-state index in [2.05, 4.69) is 0 Å². The monoisotopic (exact) mass is 264 g/mol. The largest absolute Gasteiger partial charge is 0.486 e. The molecule has 19 heavy (non-hydrogen) atoms. The summed E-state index contributed by atoms with van der Waals surface area (Å²) >= 11 is 0. The van der Waals surface area contributed by atoms with E-state index in [1.54, 1.807) is 12.1 Å². The smallest absolute Gasteiger partial charge is 0.306 e. The summed E-state index contributed by atoms with van der Waals surface area (Å²) in [6.45, 7) is 4.31. The Bertz CT molecular complexity index is 398. The van der Waals surface area contributed by atoms with E-state index in [1.807, 2.05) is 32.0 Å². The first-order chi connectivity index (χ1) is 9.08. The van der Waals surface area contributed by atoms with Gasteiger partial charge in [0.2, 0.25) is 0 Å². The van der Waals surface area contributed by atoms with E-state index in [0.717, 1.165) is 0 Å². The molecule has 0 bridgehead atoms. The van der Waals surface area contributed by atoms with Gasteiger partial charge in [0, 0.05) is 6.42 Å². The lowest BCUT2D eigenvalue weighted by molar-refractivity contribution is -0.145. The maximum absolute atomic E-state index is 11.5. The summed E-state index contributed by atoms with van der Waals surface area (Å²) in [5.74, 6) is 0.520. The summed E-state index contributed by atoms with van der Waals surface area (Å²) in [4.78, 5) is 22.8. The number of para-hydroxylation sites is 1. The van der Waals surface area contributed by atoms with E-state index in [9.17, 15) is 9.59 Å². The molecule has 1 aromatic carbocycles. The molecule has 0 spiro atoms. The summed E-state index contributed by atoms with van der Waals surface area (Å²) in [5, 5.41) is 0. The van der Waals surface area contributed by atoms with Gasteiger partial charge >= 0.3 is 5.97 Å². The SMILES string of the molecule is CC(C)COC(=O)CCC(=O)COc1ccccc1. The molecule has 0 atom stereocenters. The highest BCUT2D eigenvalue weighted by Crippen LogP contribution is 2.08. The van der Waals surface area contributed by atoms with E-state index in [1.165, 1.54) is 0 Å². The third-order valence-electron chi connectivity index (χ3n) is 2.33. The van der Waals surface area contributed by atoms with Crippen LogP contribution in [-0.4, -0.2) is 25.0 Å². The van der Waals surface area contributed by atoms with Crippen molar-refractivity contribution in [2.75, 3.05) is 13.2 Å². The zero-order valence-corrected chi connectivity index (χ0v) is 11.4. The third-order valence-corrected chi connectivity index (χ3v) is 2.33. The number of hydrogen-bond donors (Lipinski definition) is 0. The van der Waals surface area contributed by atoms with Gasteiger partial charge in [-0.15, -0.1) is 0 Å². The Labute approximate surface area is 113 Å². The number of ether oxygens (including phenoxy) is 2. The van der Waals surface area contributed by atoms with Crippen LogP contribution in [0.2, 0.25) is 0 Å². The fourth-order valence-corrected chi connectivity index (χ4v) is 1.33. The van der Waals surface area contributed by atoms with E-state index < -0.39 is 0 Å². The van der Waals surface area contributed by atoms with Gasteiger partial charge in [-0.3, -0.25) is 9.59 Å². The molecule has 1 rings (SSSR count). The molecule has 0 heterocycles. The predicted octanol–water partition coefficient (Wildman–Crippen LogP) is 2.61. The lowest BCUT2D eigenvalue weighted by atomic mass is 10.2. The van der Waals surface area contributed by atoms with Gasteiger partial charge in [-0.1, -0.05) is 32.0 Å².